The number of ether oxygens (including phenoxy) is 1. The summed E-state index contributed by atoms with van der Waals surface area (Å²) in [6, 6.07) is 8.03. The van der Waals surface area contributed by atoms with E-state index in [0.29, 0.717) is 13.2 Å². The Bertz CT molecular complexity index is 390. The fourth-order valence-corrected chi connectivity index (χ4v) is 1.81. The van der Waals surface area contributed by atoms with E-state index in [4.69, 9.17) is 4.74 Å². The van der Waals surface area contributed by atoms with Gasteiger partial charge in [0.2, 0.25) is 0 Å². The van der Waals surface area contributed by atoms with Gasteiger partial charge in [0.25, 0.3) is 0 Å². The van der Waals surface area contributed by atoms with Gasteiger partial charge in [0.05, 0.1) is 0 Å². The summed E-state index contributed by atoms with van der Waals surface area (Å²) in [4.78, 5) is 0. The van der Waals surface area contributed by atoms with Crippen molar-refractivity contribution in [2.75, 3.05) is 19.7 Å². The van der Waals surface area contributed by atoms with Crippen molar-refractivity contribution in [3.8, 4) is 5.75 Å². The smallest absolute Gasteiger partial charge is 0.119 e. The molecule has 0 bridgehead atoms. The van der Waals surface area contributed by atoms with Gasteiger partial charge in [0.1, 0.15) is 18.5 Å². The summed E-state index contributed by atoms with van der Waals surface area (Å²) in [5.41, 5.74) is 1.52. The number of aryl methyl sites for hydroxylation is 1. The molecule has 0 saturated carbocycles. The first-order valence-electron chi connectivity index (χ1n) is 7.57. The van der Waals surface area contributed by atoms with Crippen LogP contribution in [-0.2, 0) is 6.42 Å². The molecule has 1 unspecified atom stereocenters. The Kier molecular flexibility index (Phi) is 7.03. The number of hydrogen-bond acceptors (Lipinski definition) is 3. The summed E-state index contributed by atoms with van der Waals surface area (Å²) in [5, 5.41) is 13.2. The highest BCUT2D eigenvalue weighted by atomic mass is 16.5. The molecule has 0 radical (unpaired) electrons. The predicted molar refractivity (Wildman–Crippen MR) is 84.3 cm³/mol. The highest BCUT2D eigenvalue weighted by Gasteiger charge is 2.15. The van der Waals surface area contributed by atoms with E-state index in [1.165, 1.54) is 5.56 Å². The van der Waals surface area contributed by atoms with Gasteiger partial charge in [0, 0.05) is 13.1 Å². The minimum atomic E-state index is -0.479. The van der Waals surface area contributed by atoms with E-state index in [9.17, 15) is 5.11 Å². The average molecular weight is 279 g/mol. The van der Waals surface area contributed by atoms with Gasteiger partial charge in [-0.05, 0) is 36.0 Å². The van der Waals surface area contributed by atoms with E-state index >= 15 is 0 Å². The van der Waals surface area contributed by atoms with Gasteiger partial charge in [-0.15, -0.1) is 0 Å². The minimum absolute atomic E-state index is 0.274. The molecule has 20 heavy (non-hydrogen) atoms. The monoisotopic (exact) mass is 279 g/mol. The van der Waals surface area contributed by atoms with Crippen LogP contribution in [0.2, 0.25) is 0 Å². The van der Waals surface area contributed by atoms with Crippen LogP contribution in [0.4, 0.5) is 0 Å². The molecule has 0 amide bonds. The second-order valence-corrected chi connectivity index (χ2v) is 6.11. The molecule has 0 aromatic heterocycles. The molecule has 1 rings (SSSR count). The second kappa shape index (κ2) is 8.28. The molecule has 0 fully saturated rings. The molecule has 1 aromatic rings. The van der Waals surface area contributed by atoms with Crippen molar-refractivity contribution in [2.45, 2.75) is 46.6 Å². The number of hydrogen-bond donors (Lipinski definition) is 2. The Morgan fingerprint density at radius 3 is 2.70 bits per heavy atom. The normalized spacial score (nSPS) is 13.2. The number of benzene rings is 1. The molecular formula is C17H29NO2. The van der Waals surface area contributed by atoms with Crippen LogP contribution >= 0.6 is 0 Å². The Hall–Kier alpha value is -1.06. The SMILES string of the molecule is CCc1cccc(OCC(O)CNCC(C)(C)CC)c1. The first kappa shape index (κ1) is 17.0. The second-order valence-electron chi connectivity index (χ2n) is 6.11. The molecule has 0 aliphatic heterocycles. The third-order valence-corrected chi connectivity index (χ3v) is 3.69. The van der Waals surface area contributed by atoms with Gasteiger partial charge in [-0.2, -0.15) is 0 Å². The highest BCUT2D eigenvalue weighted by molar-refractivity contribution is 5.28. The van der Waals surface area contributed by atoms with E-state index in [0.717, 1.165) is 25.1 Å². The van der Waals surface area contributed by atoms with Crippen molar-refractivity contribution >= 4 is 0 Å². The van der Waals surface area contributed by atoms with Crippen molar-refractivity contribution in [1.29, 1.82) is 0 Å². The summed E-state index contributed by atoms with van der Waals surface area (Å²) < 4.78 is 5.63. The minimum Gasteiger partial charge on any atom is -0.491 e. The Morgan fingerprint density at radius 2 is 2.05 bits per heavy atom. The number of aliphatic hydroxyl groups is 1. The quantitative estimate of drug-likeness (QED) is 0.730. The fourth-order valence-electron chi connectivity index (χ4n) is 1.81. The molecule has 114 valence electrons. The van der Waals surface area contributed by atoms with Crippen LogP contribution < -0.4 is 10.1 Å². The maximum Gasteiger partial charge on any atom is 0.119 e. The van der Waals surface area contributed by atoms with Crippen molar-refractivity contribution < 1.29 is 9.84 Å². The van der Waals surface area contributed by atoms with Crippen molar-refractivity contribution in [1.82, 2.24) is 5.32 Å². The standard InChI is InChI=1S/C17H29NO2/c1-5-14-8-7-9-16(10-14)20-12-15(19)11-18-13-17(3,4)6-2/h7-10,15,18-19H,5-6,11-13H2,1-4H3. The fraction of sp³-hybridized carbons (Fsp3) is 0.647. The van der Waals surface area contributed by atoms with Gasteiger partial charge in [-0.3, -0.25) is 0 Å². The number of rotatable bonds is 9. The van der Waals surface area contributed by atoms with Gasteiger partial charge in [-0.25, -0.2) is 0 Å². The summed E-state index contributed by atoms with van der Waals surface area (Å²) in [5.74, 6) is 0.831. The lowest BCUT2D eigenvalue weighted by Gasteiger charge is -2.24. The summed E-state index contributed by atoms with van der Waals surface area (Å²) in [6.45, 7) is 10.5. The van der Waals surface area contributed by atoms with Crippen LogP contribution in [0.15, 0.2) is 24.3 Å². The molecule has 0 heterocycles. The number of nitrogens with one attached hydrogen (secondary N) is 1. The molecule has 0 aliphatic rings. The lowest BCUT2D eigenvalue weighted by atomic mass is 9.90. The molecule has 1 aromatic carbocycles. The third kappa shape index (κ3) is 6.40. The van der Waals surface area contributed by atoms with E-state index < -0.39 is 6.10 Å². The lowest BCUT2D eigenvalue weighted by Crippen LogP contribution is -2.36. The molecule has 1 atom stereocenters. The third-order valence-electron chi connectivity index (χ3n) is 3.69. The summed E-state index contributed by atoms with van der Waals surface area (Å²) in [6.07, 6.45) is 1.64. The van der Waals surface area contributed by atoms with Gasteiger partial charge < -0.3 is 15.2 Å². The molecule has 2 N–H and O–H groups in total. The van der Waals surface area contributed by atoms with Crippen LogP contribution in [0.5, 0.6) is 5.75 Å². The topological polar surface area (TPSA) is 41.5 Å². The first-order chi connectivity index (χ1) is 9.46. The molecule has 0 spiro atoms. The molecule has 3 heteroatoms. The van der Waals surface area contributed by atoms with Gasteiger partial charge >= 0.3 is 0 Å². The van der Waals surface area contributed by atoms with Crippen LogP contribution in [-0.4, -0.2) is 30.9 Å². The first-order valence-corrected chi connectivity index (χ1v) is 7.57. The van der Waals surface area contributed by atoms with Gasteiger partial charge in [-0.1, -0.05) is 39.8 Å². The van der Waals surface area contributed by atoms with E-state index in [1.807, 2.05) is 18.2 Å². The van der Waals surface area contributed by atoms with Crippen molar-refractivity contribution in [3.63, 3.8) is 0 Å². The zero-order valence-corrected chi connectivity index (χ0v) is 13.3. The molecular weight excluding hydrogens is 250 g/mol. The van der Waals surface area contributed by atoms with Gasteiger partial charge in [0.15, 0.2) is 0 Å². The van der Waals surface area contributed by atoms with Crippen molar-refractivity contribution in [3.05, 3.63) is 29.8 Å². The maximum atomic E-state index is 9.92. The zero-order valence-electron chi connectivity index (χ0n) is 13.3. The van der Waals surface area contributed by atoms with E-state index in [2.05, 4.69) is 39.1 Å². The number of aliphatic hydroxyl groups excluding tert-OH is 1. The summed E-state index contributed by atoms with van der Waals surface area (Å²) in [7, 11) is 0. The van der Waals surface area contributed by atoms with Crippen LogP contribution in [0.1, 0.15) is 39.7 Å². The van der Waals surface area contributed by atoms with Crippen LogP contribution in [0.3, 0.4) is 0 Å². The summed E-state index contributed by atoms with van der Waals surface area (Å²) >= 11 is 0. The molecule has 0 saturated heterocycles. The Balaban J connectivity index is 2.27. The molecule has 0 aliphatic carbocycles. The maximum absolute atomic E-state index is 9.92. The highest BCUT2D eigenvalue weighted by Crippen LogP contribution is 2.17. The van der Waals surface area contributed by atoms with Crippen LogP contribution in [0, 0.1) is 5.41 Å². The largest absolute Gasteiger partial charge is 0.491 e. The average Bonchev–Trinajstić information content (AvgIpc) is 2.45. The lowest BCUT2D eigenvalue weighted by molar-refractivity contribution is 0.103. The van der Waals surface area contributed by atoms with E-state index in [1.54, 1.807) is 0 Å². The predicted octanol–water partition coefficient (Wildman–Crippen LogP) is 3.01. The van der Waals surface area contributed by atoms with Crippen LogP contribution in [0.25, 0.3) is 0 Å². The molecule has 3 nitrogen and oxygen atoms in total. The Morgan fingerprint density at radius 1 is 1.30 bits per heavy atom. The Labute approximate surface area is 123 Å². The van der Waals surface area contributed by atoms with E-state index in [-0.39, 0.29) is 5.41 Å². The zero-order chi connectivity index (χ0) is 15.0. The van der Waals surface area contributed by atoms with Crippen molar-refractivity contribution in [2.24, 2.45) is 5.41 Å².